The summed E-state index contributed by atoms with van der Waals surface area (Å²) in [5.41, 5.74) is 5.86. The van der Waals surface area contributed by atoms with Gasteiger partial charge in [-0.25, -0.2) is 9.18 Å². The number of anilines is 1. The van der Waals surface area contributed by atoms with Crippen LogP contribution in [0.5, 0.6) is 5.75 Å². The molecule has 3 N–H and O–H groups in total. The first kappa shape index (κ1) is 27.9. The molecule has 3 rings (SSSR count). The van der Waals surface area contributed by atoms with Crippen LogP contribution in [0.1, 0.15) is 51.4 Å². The summed E-state index contributed by atoms with van der Waals surface area (Å²) in [5, 5.41) is 11.7. The first-order valence-electron chi connectivity index (χ1n) is 11.1. The molecule has 10 nitrogen and oxygen atoms in total. The summed E-state index contributed by atoms with van der Waals surface area (Å²) >= 11 is 2.04. The molecule has 0 fully saturated rings. The summed E-state index contributed by atoms with van der Waals surface area (Å²) in [6.07, 6.45) is 1.14. The van der Waals surface area contributed by atoms with Crippen LogP contribution in [0, 0.1) is 12.7 Å². The van der Waals surface area contributed by atoms with Crippen molar-refractivity contribution in [2.24, 2.45) is 5.73 Å². The van der Waals surface area contributed by atoms with E-state index < -0.39 is 23.9 Å². The minimum absolute atomic E-state index is 0.0619. The number of benzene rings is 1. The maximum atomic E-state index is 13.2. The van der Waals surface area contributed by atoms with Gasteiger partial charge in [0, 0.05) is 6.54 Å². The molecule has 2 aromatic heterocycles. The van der Waals surface area contributed by atoms with Gasteiger partial charge in [-0.05, 0) is 50.6 Å². The van der Waals surface area contributed by atoms with Crippen LogP contribution in [-0.4, -0.2) is 44.9 Å². The summed E-state index contributed by atoms with van der Waals surface area (Å²) in [7, 11) is 0. The van der Waals surface area contributed by atoms with Gasteiger partial charge in [-0.15, -0.1) is 28.1 Å². The maximum Gasteiger partial charge on any atom is 0.341 e. The molecule has 0 saturated carbocycles. The van der Waals surface area contributed by atoms with E-state index in [2.05, 4.69) is 22.1 Å². The number of nitrogens with one attached hydrogen (secondary N) is 1. The van der Waals surface area contributed by atoms with Crippen LogP contribution < -0.4 is 15.8 Å². The number of halogens is 1. The minimum Gasteiger partial charge on any atom is -0.483 e. The van der Waals surface area contributed by atoms with E-state index in [1.165, 1.54) is 24.3 Å². The summed E-state index contributed by atoms with van der Waals surface area (Å²) in [5.74, 6) is -1.26. The van der Waals surface area contributed by atoms with Gasteiger partial charge in [0.1, 0.15) is 16.6 Å². The number of hydrogen-bond acceptors (Lipinski definition) is 9. The third-order valence-corrected chi connectivity index (χ3v) is 7.17. The number of rotatable bonds is 12. The summed E-state index contributed by atoms with van der Waals surface area (Å²) in [6, 6.07) is 5.62. The smallest absolute Gasteiger partial charge is 0.341 e. The van der Waals surface area contributed by atoms with Crippen molar-refractivity contribution in [1.29, 1.82) is 0 Å². The lowest BCUT2D eigenvalue weighted by Crippen LogP contribution is -2.17. The molecule has 0 radical (unpaired) electrons. The Kier molecular flexibility index (Phi) is 9.42. The standard InChI is InChI=1S/C24H26FN5O5S2/c1-5-11-30-21(14(4)35-16-9-7-15(25)8-10-16)28-29-24(30)36-12-17(31)27-22-18(23(33)34-6-2)13(3)19(37-22)20(26)32/h5,7-10,14H,1,6,11-12H2,2-4H3,(H2,26,32)(H,27,31). The van der Waals surface area contributed by atoms with Crippen LogP contribution in [-0.2, 0) is 16.1 Å². The molecule has 3 aromatic rings. The number of thioether (sulfide) groups is 1. The molecule has 37 heavy (non-hydrogen) atoms. The molecule has 0 aliphatic rings. The van der Waals surface area contributed by atoms with Crippen molar-refractivity contribution in [1.82, 2.24) is 14.8 Å². The molecule has 1 atom stereocenters. The number of carbonyl (C=O) groups is 3. The Morgan fingerprint density at radius 3 is 2.62 bits per heavy atom. The zero-order chi connectivity index (χ0) is 27.1. The van der Waals surface area contributed by atoms with Crippen molar-refractivity contribution in [2.75, 3.05) is 17.7 Å². The Balaban J connectivity index is 1.74. The lowest BCUT2D eigenvalue weighted by molar-refractivity contribution is -0.113. The van der Waals surface area contributed by atoms with Crippen molar-refractivity contribution in [2.45, 2.75) is 38.6 Å². The van der Waals surface area contributed by atoms with Gasteiger partial charge in [0.15, 0.2) is 17.1 Å². The van der Waals surface area contributed by atoms with Crippen LogP contribution in [0.2, 0.25) is 0 Å². The zero-order valence-electron chi connectivity index (χ0n) is 20.4. The largest absolute Gasteiger partial charge is 0.483 e. The Morgan fingerprint density at radius 2 is 2.00 bits per heavy atom. The number of primary amides is 1. The first-order valence-corrected chi connectivity index (χ1v) is 13.0. The van der Waals surface area contributed by atoms with E-state index in [1.807, 2.05) is 0 Å². The highest BCUT2D eigenvalue weighted by atomic mass is 32.2. The average molecular weight is 548 g/mol. The molecule has 1 unspecified atom stereocenters. The third-order valence-electron chi connectivity index (χ3n) is 4.98. The number of esters is 1. The third kappa shape index (κ3) is 6.74. The zero-order valence-corrected chi connectivity index (χ0v) is 22.1. The number of ether oxygens (including phenoxy) is 2. The number of nitrogens with zero attached hydrogens (tertiary/aromatic N) is 3. The summed E-state index contributed by atoms with van der Waals surface area (Å²) in [6.45, 7) is 9.26. The summed E-state index contributed by atoms with van der Waals surface area (Å²) in [4.78, 5) is 37.1. The van der Waals surface area contributed by atoms with E-state index in [0.29, 0.717) is 28.8 Å². The van der Waals surface area contributed by atoms with Gasteiger partial charge in [-0.1, -0.05) is 17.8 Å². The van der Waals surface area contributed by atoms with E-state index in [4.69, 9.17) is 15.2 Å². The molecule has 0 bridgehead atoms. The van der Waals surface area contributed by atoms with Crippen molar-refractivity contribution >= 4 is 45.9 Å². The fourth-order valence-corrected chi connectivity index (χ4v) is 5.17. The van der Waals surface area contributed by atoms with Gasteiger partial charge in [0.2, 0.25) is 5.91 Å². The van der Waals surface area contributed by atoms with Gasteiger partial charge < -0.3 is 20.5 Å². The number of carbonyl (C=O) groups excluding carboxylic acids is 3. The number of thiophene rings is 1. The van der Waals surface area contributed by atoms with Gasteiger partial charge in [0.05, 0.1) is 22.8 Å². The van der Waals surface area contributed by atoms with E-state index in [9.17, 15) is 18.8 Å². The quantitative estimate of drug-likeness (QED) is 0.196. The van der Waals surface area contributed by atoms with Crippen LogP contribution in [0.25, 0.3) is 0 Å². The number of aromatic nitrogens is 3. The molecular weight excluding hydrogens is 521 g/mol. The average Bonchev–Trinajstić information content (AvgIpc) is 3.40. The number of amides is 2. The van der Waals surface area contributed by atoms with Crippen LogP contribution in [0.3, 0.4) is 0 Å². The fraction of sp³-hybridized carbons (Fsp3) is 0.292. The Morgan fingerprint density at radius 1 is 1.30 bits per heavy atom. The van der Waals surface area contributed by atoms with E-state index in [-0.39, 0.29) is 33.6 Å². The number of hydrogen-bond donors (Lipinski definition) is 2. The minimum atomic E-state index is -0.704. The Bertz CT molecular complexity index is 1310. The predicted molar refractivity (Wildman–Crippen MR) is 139 cm³/mol. The van der Waals surface area contributed by atoms with Crippen LogP contribution >= 0.6 is 23.1 Å². The van der Waals surface area contributed by atoms with E-state index in [0.717, 1.165) is 23.1 Å². The molecule has 0 spiro atoms. The molecule has 2 heterocycles. The van der Waals surface area contributed by atoms with Gasteiger partial charge >= 0.3 is 5.97 Å². The molecule has 0 saturated heterocycles. The Labute approximate surface area is 221 Å². The fourth-order valence-electron chi connectivity index (χ4n) is 3.36. The predicted octanol–water partition coefficient (Wildman–Crippen LogP) is 4.12. The lowest BCUT2D eigenvalue weighted by atomic mass is 10.1. The second-order valence-corrected chi connectivity index (χ2v) is 9.60. The molecule has 196 valence electrons. The first-order chi connectivity index (χ1) is 17.7. The van der Waals surface area contributed by atoms with Gasteiger partial charge in [0.25, 0.3) is 5.91 Å². The second-order valence-electron chi connectivity index (χ2n) is 7.64. The highest BCUT2D eigenvalue weighted by molar-refractivity contribution is 7.99. The number of allylic oxidation sites excluding steroid dienone is 1. The molecule has 13 heteroatoms. The van der Waals surface area contributed by atoms with Crippen molar-refractivity contribution in [3.05, 3.63) is 64.6 Å². The van der Waals surface area contributed by atoms with Gasteiger partial charge in [-0.3, -0.25) is 14.2 Å². The van der Waals surface area contributed by atoms with Crippen molar-refractivity contribution < 1.29 is 28.2 Å². The number of nitrogens with two attached hydrogens (primary N) is 1. The lowest BCUT2D eigenvalue weighted by Gasteiger charge is -2.15. The summed E-state index contributed by atoms with van der Waals surface area (Å²) < 4.78 is 25.9. The second kappa shape index (κ2) is 12.5. The highest BCUT2D eigenvalue weighted by Gasteiger charge is 2.26. The molecule has 2 amide bonds. The van der Waals surface area contributed by atoms with Crippen LogP contribution in [0.4, 0.5) is 9.39 Å². The van der Waals surface area contributed by atoms with E-state index in [1.54, 1.807) is 31.4 Å². The molecule has 0 aliphatic heterocycles. The molecule has 0 aliphatic carbocycles. The van der Waals surface area contributed by atoms with Gasteiger partial charge in [-0.2, -0.15) is 0 Å². The molecule has 1 aromatic carbocycles. The Hall–Kier alpha value is -3.71. The SMILES string of the molecule is C=CCn1c(SCC(=O)Nc2sc(C(N)=O)c(C)c2C(=O)OCC)nnc1C(C)Oc1ccc(F)cc1. The highest BCUT2D eigenvalue weighted by Crippen LogP contribution is 2.34. The van der Waals surface area contributed by atoms with Crippen LogP contribution in [0.15, 0.2) is 42.1 Å². The monoisotopic (exact) mass is 547 g/mol. The van der Waals surface area contributed by atoms with Crippen molar-refractivity contribution in [3.8, 4) is 5.75 Å². The topological polar surface area (TPSA) is 138 Å². The van der Waals surface area contributed by atoms with Crippen molar-refractivity contribution in [3.63, 3.8) is 0 Å². The maximum absolute atomic E-state index is 13.2. The van der Waals surface area contributed by atoms with E-state index >= 15 is 0 Å². The molecular formula is C24H26FN5O5S2. The normalized spacial score (nSPS) is 11.6.